The fourth-order valence-corrected chi connectivity index (χ4v) is 3.41. The Morgan fingerprint density at radius 3 is 2.63 bits per heavy atom. The molecule has 1 aromatic heterocycles. The Balaban J connectivity index is 0.00000261. The van der Waals surface area contributed by atoms with E-state index in [1.165, 1.54) is 11.1 Å². The fraction of sp³-hybridized carbons (Fsp3) is 0.476. The van der Waals surface area contributed by atoms with Gasteiger partial charge in [0, 0.05) is 45.7 Å². The van der Waals surface area contributed by atoms with E-state index in [-0.39, 0.29) is 24.0 Å². The number of nitrogens with zero attached hydrogens (tertiary/aromatic N) is 2. The molecule has 1 aliphatic heterocycles. The first-order valence-electron chi connectivity index (χ1n) is 9.51. The molecule has 0 unspecified atom stereocenters. The molecule has 6 heteroatoms. The predicted molar refractivity (Wildman–Crippen MR) is 122 cm³/mol. The van der Waals surface area contributed by atoms with Gasteiger partial charge in [-0.2, -0.15) is 0 Å². The number of guanidine groups is 1. The maximum atomic E-state index is 5.36. The first kappa shape index (κ1) is 21.8. The van der Waals surface area contributed by atoms with Crippen LogP contribution in [-0.2, 0) is 13.0 Å². The third kappa shape index (κ3) is 6.84. The summed E-state index contributed by atoms with van der Waals surface area (Å²) in [4.78, 5) is 6.90. The average molecular weight is 482 g/mol. The van der Waals surface area contributed by atoms with E-state index in [1.54, 1.807) is 6.26 Å². The third-order valence-electron chi connectivity index (χ3n) is 5.05. The summed E-state index contributed by atoms with van der Waals surface area (Å²) < 4.78 is 5.36. The number of hydrogen-bond donors (Lipinski definition) is 2. The minimum Gasteiger partial charge on any atom is -0.469 e. The number of aliphatic imine (C=N–C) groups is 1. The molecule has 1 aliphatic rings. The fourth-order valence-electron chi connectivity index (χ4n) is 3.41. The molecule has 27 heavy (non-hydrogen) atoms. The van der Waals surface area contributed by atoms with Crippen molar-refractivity contribution in [2.75, 3.05) is 26.7 Å². The lowest BCUT2D eigenvalue weighted by molar-refractivity contribution is 0.198. The number of halogens is 1. The Kier molecular flexibility index (Phi) is 9.14. The van der Waals surface area contributed by atoms with Gasteiger partial charge in [-0.15, -0.1) is 24.0 Å². The first-order chi connectivity index (χ1) is 12.7. The molecule has 0 atom stereocenters. The average Bonchev–Trinajstić information content (AvgIpc) is 3.18. The Morgan fingerprint density at radius 2 is 1.96 bits per heavy atom. The zero-order valence-electron chi connectivity index (χ0n) is 16.3. The molecular weight excluding hydrogens is 451 g/mol. The standard InChI is InChI=1S/C21H30N4O.HI/c1-17-6-3-4-7-18(17)16-25-13-10-19(11-14-25)24-21(22-2)23-12-9-20-8-5-15-26-20;/h3-8,15,19H,9-14,16H2,1-2H3,(H2,22,23,24);1H. The molecule has 5 nitrogen and oxygen atoms in total. The molecule has 2 heterocycles. The number of nitrogens with one attached hydrogen (secondary N) is 2. The molecule has 1 saturated heterocycles. The van der Waals surface area contributed by atoms with Crippen LogP contribution in [0, 0.1) is 6.92 Å². The molecule has 3 rings (SSSR count). The van der Waals surface area contributed by atoms with Crippen LogP contribution >= 0.6 is 24.0 Å². The molecule has 0 bridgehead atoms. The number of rotatable bonds is 6. The zero-order valence-corrected chi connectivity index (χ0v) is 18.6. The maximum absolute atomic E-state index is 5.36. The summed E-state index contributed by atoms with van der Waals surface area (Å²) in [6, 6.07) is 13.1. The van der Waals surface area contributed by atoms with Gasteiger partial charge in [0.05, 0.1) is 6.26 Å². The summed E-state index contributed by atoms with van der Waals surface area (Å²) in [7, 11) is 1.83. The lowest BCUT2D eigenvalue weighted by Crippen LogP contribution is -2.48. The van der Waals surface area contributed by atoms with Crippen LogP contribution in [0.25, 0.3) is 0 Å². The van der Waals surface area contributed by atoms with E-state index in [1.807, 2.05) is 19.2 Å². The molecular formula is C21H31IN4O. The van der Waals surface area contributed by atoms with Crippen molar-refractivity contribution < 1.29 is 4.42 Å². The Hall–Kier alpha value is -1.54. The second-order valence-electron chi connectivity index (χ2n) is 6.95. The van der Waals surface area contributed by atoms with Gasteiger partial charge < -0.3 is 15.1 Å². The SMILES string of the molecule is CN=C(NCCc1ccco1)NC1CCN(Cc2ccccc2C)CC1.I. The molecule has 1 fully saturated rings. The number of piperidine rings is 1. The van der Waals surface area contributed by atoms with Gasteiger partial charge in [-0.3, -0.25) is 9.89 Å². The minimum atomic E-state index is 0. The number of aryl methyl sites for hydroxylation is 1. The van der Waals surface area contributed by atoms with E-state index >= 15 is 0 Å². The first-order valence-corrected chi connectivity index (χ1v) is 9.51. The highest BCUT2D eigenvalue weighted by Crippen LogP contribution is 2.16. The van der Waals surface area contributed by atoms with E-state index in [0.29, 0.717) is 6.04 Å². The number of benzene rings is 1. The highest BCUT2D eigenvalue weighted by molar-refractivity contribution is 14.0. The number of hydrogen-bond acceptors (Lipinski definition) is 3. The molecule has 0 amide bonds. The van der Waals surface area contributed by atoms with Crippen molar-refractivity contribution in [1.29, 1.82) is 0 Å². The van der Waals surface area contributed by atoms with Gasteiger partial charge in [0.15, 0.2) is 5.96 Å². The van der Waals surface area contributed by atoms with Crippen LogP contribution in [0.1, 0.15) is 29.7 Å². The van der Waals surface area contributed by atoms with Gasteiger partial charge in [0.2, 0.25) is 0 Å². The summed E-state index contributed by atoms with van der Waals surface area (Å²) in [5.41, 5.74) is 2.82. The molecule has 0 radical (unpaired) electrons. The van der Waals surface area contributed by atoms with Gasteiger partial charge in [-0.25, -0.2) is 0 Å². The van der Waals surface area contributed by atoms with Gasteiger partial charge >= 0.3 is 0 Å². The third-order valence-corrected chi connectivity index (χ3v) is 5.05. The van der Waals surface area contributed by atoms with Crippen molar-refractivity contribution in [3.8, 4) is 0 Å². The molecule has 0 spiro atoms. The molecule has 1 aromatic carbocycles. The monoisotopic (exact) mass is 482 g/mol. The second kappa shape index (κ2) is 11.3. The molecule has 2 N–H and O–H groups in total. The van der Waals surface area contributed by atoms with Crippen molar-refractivity contribution in [2.24, 2.45) is 4.99 Å². The van der Waals surface area contributed by atoms with Gasteiger partial charge in [0.1, 0.15) is 5.76 Å². The predicted octanol–water partition coefficient (Wildman–Crippen LogP) is 3.58. The van der Waals surface area contributed by atoms with Crippen LogP contribution < -0.4 is 10.6 Å². The summed E-state index contributed by atoms with van der Waals surface area (Å²) in [6.45, 7) is 6.31. The van der Waals surface area contributed by atoms with Crippen LogP contribution in [0.2, 0.25) is 0 Å². The van der Waals surface area contributed by atoms with Crippen LogP contribution in [0.15, 0.2) is 52.1 Å². The molecule has 2 aromatic rings. The van der Waals surface area contributed by atoms with Crippen LogP contribution in [0.4, 0.5) is 0 Å². The van der Waals surface area contributed by atoms with E-state index < -0.39 is 0 Å². The minimum absolute atomic E-state index is 0. The highest BCUT2D eigenvalue weighted by atomic mass is 127. The number of likely N-dealkylation sites (tertiary alicyclic amines) is 1. The Labute approximate surface area is 179 Å². The van der Waals surface area contributed by atoms with Crippen molar-refractivity contribution >= 4 is 29.9 Å². The highest BCUT2D eigenvalue weighted by Gasteiger charge is 2.20. The van der Waals surface area contributed by atoms with E-state index in [2.05, 4.69) is 51.7 Å². The van der Waals surface area contributed by atoms with Crippen molar-refractivity contribution in [1.82, 2.24) is 15.5 Å². The normalized spacial score (nSPS) is 16.0. The van der Waals surface area contributed by atoms with Crippen LogP contribution in [-0.4, -0.2) is 43.6 Å². The zero-order chi connectivity index (χ0) is 18.2. The molecule has 0 saturated carbocycles. The number of furan rings is 1. The Bertz CT molecular complexity index is 694. The quantitative estimate of drug-likeness (QED) is 0.376. The van der Waals surface area contributed by atoms with Gasteiger partial charge in [-0.05, 0) is 43.0 Å². The van der Waals surface area contributed by atoms with Crippen molar-refractivity contribution in [3.05, 3.63) is 59.5 Å². The van der Waals surface area contributed by atoms with E-state index in [0.717, 1.165) is 57.2 Å². The summed E-state index contributed by atoms with van der Waals surface area (Å²) in [5.74, 6) is 1.88. The van der Waals surface area contributed by atoms with E-state index in [9.17, 15) is 0 Å². The largest absolute Gasteiger partial charge is 0.469 e. The molecule has 0 aliphatic carbocycles. The summed E-state index contributed by atoms with van der Waals surface area (Å²) in [6.07, 6.45) is 4.87. The van der Waals surface area contributed by atoms with Gasteiger partial charge in [-0.1, -0.05) is 24.3 Å². The lowest BCUT2D eigenvalue weighted by Gasteiger charge is -2.33. The summed E-state index contributed by atoms with van der Waals surface area (Å²) in [5, 5.41) is 6.94. The maximum Gasteiger partial charge on any atom is 0.191 e. The Morgan fingerprint density at radius 1 is 1.19 bits per heavy atom. The van der Waals surface area contributed by atoms with Crippen molar-refractivity contribution in [3.63, 3.8) is 0 Å². The smallest absolute Gasteiger partial charge is 0.191 e. The molecule has 148 valence electrons. The summed E-state index contributed by atoms with van der Waals surface area (Å²) >= 11 is 0. The van der Waals surface area contributed by atoms with Crippen molar-refractivity contribution in [2.45, 2.75) is 38.8 Å². The van der Waals surface area contributed by atoms with Gasteiger partial charge in [0.25, 0.3) is 0 Å². The second-order valence-corrected chi connectivity index (χ2v) is 6.95. The topological polar surface area (TPSA) is 52.8 Å². The van der Waals surface area contributed by atoms with Crippen LogP contribution in [0.5, 0.6) is 0 Å². The lowest BCUT2D eigenvalue weighted by atomic mass is 10.0. The van der Waals surface area contributed by atoms with Crippen LogP contribution in [0.3, 0.4) is 0 Å². The van der Waals surface area contributed by atoms with E-state index in [4.69, 9.17) is 4.42 Å².